The second kappa shape index (κ2) is 8.31. The summed E-state index contributed by atoms with van der Waals surface area (Å²) in [5.74, 6) is 0.118. The lowest BCUT2D eigenvalue weighted by molar-refractivity contribution is -0.119. The van der Waals surface area contributed by atoms with E-state index in [0.29, 0.717) is 19.4 Å². The summed E-state index contributed by atoms with van der Waals surface area (Å²) in [4.78, 5) is 26.3. The summed E-state index contributed by atoms with van der Waals surface area (Å²) in [7, 11) is 0. The van der Waals surface area contributed by atoms with Gasteiger partial charge < -0.3 is 10.2 Å². The Morgan fingerprint density at radius 3 is 2.38 bits per heavy atom. The third kappa shape index (κ3) is 4.21. The zero-order valence-electron chi connectivity index (χ0n) is 16.5. The standard InChI is InChI=1S/C25H24N2O2/c1-2-27-23-14-13-22(17-21(23)12-15-25(27)29)26-24(28)16-18-8-10-20(11-9-18)19-6-4-3-5-7-19/h3-11,13-14,17H,2,12,15-16H2,1H3,(H,26,28). The lowest BCUT2D eigenvalue weighted by Gasteiger charge is -2.28. The smallest absolute Gasteiger partial charge is 0.228 e. The molecule has 1 heterocycles. The van der Waals surface area contributed by atoms with Gasteiger partial charge in [0.2, 0.25) is 11.8 Å². The van der Waals surface area contributed by atoms with Gasteiger partial charge in [0.1, 0.15) is 0 Å². The van der Waals surface area contributed by atoms with Gasteiger partial charge in [-0.05, 0) is 53.8 Å². The van der Waals surface area contributed by atoms with Crippen molar-refractivity contribution in [2.75, 3.05) is 16.8 Å². The number of anilines is 2. The Bertz CT molecular complexity index is 1030. The van der Waals surface area contributed by atoms with E-state index in [1.807, 2.05) is 67.6 Å². The number of amides is 2. The van der Waals surface area contributed by atoms with E-state index >= 15 is 0 Å². The average molecular weight is 384 g/mol. The number of nitrogens with zero attached hydrogens (tertiary/aromatic N) is 1. The molecule has 0 saturated heterocycles. The van der Waals surface area contributed by atoms with Gasteiger partial charge in [-0.3, -0.25) is 9.59 Å². The van der Waals surface area contributed by atoms with Crippen molar-refractivity contribution in [1.82, 2.24) is 0 Å². The van der Waals surface area contributed by atoms with Crippen LogP contribution in [0.15, 0.2) is 72.8 Å². The molecule has 2 amide bonds. The number of nitrogens with one attached hydrogen (secondary N) is 1. The minimum absolute atomic E-state index is 0.0448. The summed E-state index contributed by atoms with van der Waals surface area (Å²) in [5.41, 5.74) is 6.12. The van der Waals surface area contributed by atoms with Gasteiger partial charge in [-0.2, -0.15) is 0 Å². The zero-order chi connectivity index (χ0) is 20.2. The molecule has 0 saturated carbocycles. The first-order chi connectivity index (χ1) is 14.1. The molecular formula is C25H24N2O2. The van der Waals surface area contributed by atoms with Crippen LogP contribution < -0.4 is 10.2 Å². The van der Waals surface area contributed by atoms with Gasteiger partial charge in [0.15, 0.2) is 0 Å². The largest absolute Gasteiger partial charge is 0.326 e. The molecule has 0 aliphatic carbocycles. The summed E-state index contributed by atoms with van der Waals surface area (Å²) in [6, 6.07) is 24.1. The van der Waals surface area contributed by atoms with E-state index in [1.54, 1.807) is 4.90 Å². The average Bonchev–Trinajstić information content (AvgIpc) is 2.75. The molecule has 3 aromatic rings. The van der Waals surface area contributed by atoms with Crippen molar-refractivity contribution in [3.63, 3.8) is 0 Å². The first-order valence-electron chi connectivity index (χ1n) is 10.0. The zero-order valence-corrected chi connectivity index (χ0v) is 16.5. The minimum atomic E-state index is -0.0448. The number of carbonyl (C=O) groups is 2. The van der Waals surface area contributed by atoms with Crippen molar-refractivity contribution >= 4 is 23.2 Å². The Kier molecular flexibility index (Phi) is 5.43. The minimum Gasteiger partial charge on any atom is -0.326 e. The normalized spacial score (nSPS) is 13.1. The molecule has 0 radical (unpaired) electrons. The molecule has 4 rings (SSSR count). The van der Waals surface area contributed by atoms with Crippen LogP contribution in [0.5, 0.6) is 0 Å². The van der Waals surface area contributed by atoms with E-state index in [-0.39, 0.29) is 11.8 Å². The van der Waals surface area contributed by atoms with Gasteiger partial charge in [-0.15, -0.1) is 0 Å². The van der Waals surface area contributed by atoms with E-state index in [1.165, 1.54) is 0 Å². The van der Waals surface area contributed by atoms with Crippen molar-refractivity contribution in [2.24, 2.45) is 0 Å². The van der Waals surface area contributed by atoms with Crippen LogP contribution in [0, 0.1) is 0 Å². The first kappa shape index (κ1) is 18.9. The number of fused-ring (bicyclic) bond motifs is 1. The molecule has 0 fully saturated rings. The Morgan fingerprint density at radius 2 is 1.66 bits per heavy atom. The van der Waals surface area contributed by atoms with E-state index < -0.39 is 0 Å². The predicted molar refractivity (Wildman–Crippen MR) is 117 cm³/mol. The summed E-state index contributed by atoms with van der Waals surface area (Å²) in [5, 5.41) is 2.99. The van der Waals surface area contributed by atoms with Gasteiger partial charge in [0, 0.05) is 24.3 Å². The van der Waals surface area contributed by atoms with E-state index in [2.05, 4.69) is 17.4 Å². The molecule has 29 heavy (non-hydrogen) atoms. The molecule has 1 aliphatic heterocycles. The van der Waals surface area contributed by atoms with Crippen LogP contribution in [0.1, 0.15) is 24.5 Å². The quantitative estimate of drug-likeness (QED) is 0.685. The molecule has 146 valence electrons. The van der Waals surface area contributed by atoms with Crippen LogP contribution in [0.25, 0.3) is 11.1 Å². The monoisotopic (exact) mass is 384 g/mol. The maximum Gasteiger partial charge on any atom is 0.228 e. The van der Waals surface area contributed by atoms with Crippen LogP contribution >= 0.6 is 0 Å². The van der Waals surface area contributed by atoms with Gasteiger partial charge in [0.25, 0.3) is 0 Å². The fourth-order valence-corrected chi connectivity index (χ4v) is 3.82. The Labute approximate surface area is 171 Å². The molecule has 0 bridgehead atoms. The molecule has 0 atom stereocenters. The number of hydrogen-bond acceptors (Lipinski definition) is 2. The van der Waals surface area contributed by atoms with Gasteiger partial charge in [-0.25, -0.2) is 0 Å². The van der Waals surface area contributed by atoms with E-state index in [0.717, 1.165) is 40.0 Å². The fourth-order valence-electron chi connectivity index (χ4n) is 3.82. The summed E-state index contributed by atoms with van der Waals surface area (Å²) in [6.07, 6.45) is 1.56. The molecule has 0 aromatic heterocycles. The lowest BCUT2D eigenvalue weighted by atomic mass is 10.00. The Morgan fingerprint density at radius 1 is 0.931 bits per heavy atom. The van der Waals surface area contributed by atoms with E-state index in [4.69, 9.17) is 0 Å². The molecule has 4 nitrogen and oxygen atoms in total. The van der Waals surface area contributed by atoms with Crippen molar-refractivity contribution in [1.29, 1.82) is 0 Å². The second-order valence-electron chi connectivity index (χ2n) is 7.27. The molecule has 1 aliphatic rings. The summed E-state index contributed by atoms with van der Waals surface area (Å²) in [6.45, 7) is 2.64. The molecule has 3 aromatic carbocycles. The Balaban J connectivity index is 1.42. The van der Waals surface area contributed by atoms with Crippen LogP contribution in [0.3, 0.4) is 0 Å². The highest BCUT2D eigenvalue weighted by Crippen LogP contribution is 2.30. The summed E-state index contributed by atoms with van der Waals surface area (Å²) >= 11 is 0. The fraction of sp³-hybridized carbons (Fsp3) is 0.200. The maximum atomic E-state index is 12.5. The third-order valence-corrected chi connectivity index (χ3v) is 5.31. The van der Waals surface area contributed by atoms with Gasteiger partial charge in [-0.1, -0.05) is 54.6 Å². The first-order valence-corrected chi connectivity index (χ1v) is 10.0. The third-order valence-electron chi connectivity index (χ3n) is 5.31. The topological polar surface area (TPSA) is 49.4 Å². The van der Waals surface area contributed by atoms with Crippen LogP contribution in [-0.2, 0) is 22.4 Å². The molecule has 0 unspecified atom stereocenters. The van der Waals surface area contributed by atoms with Crippen LogP contribution in [-0.4, -0.2) is 18.4 Å². The molecule has 1 N–H and O–H groups in total. The maximum absolute atomic E-state index is 12.5. The molecule has 4 heteroatoms. The SMILES string of the molecule is CCN1C(=O)CCc2cc(NC(=O)Cc3ccc(-c4ccccc4)cc3)ccc21. The number of benzene rings is 3. The van der Waals surface area contributed by atoms with Crippen LogP contribution in [0.4, 0.5) is 11.4 Å². The highest BCUT2D eigenvalue weighted by Gasteiger charge is 2.22. The number of hydrogen-bond donors (Lipinski definition) is 1. The van der Waals surface area contributed by atoms with Crippen molar-refractivity contribution in [3.8, 4) is 11.1 Å². The summed E-state index contributed by atoms with van der Waals surface area (Å²) < 4.78 is 0. The lowest BCUT2D eigenvalue weighted by Crippen LogP contribution is -2.34. The van der Waals surface area contributed by atoms with Crippen LogP contribution in [0.2, 0.25) is 0 Å². The van der Waals surface area contributed by atoms with E-state index in [9.17, 15) is 9.59 Å². The van der Waals surface area contributed by atoms with Crippen molar-refractivity contribution in [3.05, 3.63) is 83.9 Å². The second-order valence-corrected chi connectivity index (χ2v) is 7.27. The number of carbonyl (C=O) groups excluding carboxylic acids is 2. The van der Waals surface area contributed by atoms with Gasteiger partial charge in [0.05, 0.1) is 6.42 Å². The number of rotatable bonds is 5. The highest BCUT2D eigenvalue weighted by atomic mass is 16.2. The van der Waals surface area contributed by atoms with Crippen molar-refractivity contribution < 1.29 is 9.59 Å². The van der Waals surface area contributed by atoms with Crippen molar-refractivity contribution in [2.45, 2.75) is 26.2 Å². The molecular weight excluding hydrogens is 360 g/mol. The van der Waals surface area contributed by atoms with Gasteiger partial charge >= 0.3 is 0 Å². The predicted octanol–water partition coefficient (Wildman–Crippen LogP) is 4.83. The number of aryl methyl sites for hydroxylation is 1. The molecule has 0 spiro atoms. The Hall–Kier alpha value is -3.40. The highest BCUT2D eigenvalue weighted by molar-refractivity contribution is 5.97.